The van der Waals surface area contributed by atoms with Gasteiger partial charge in [-0.25, -0.2) is 0 Å². The Kier molecular flexibility index (Phi) is 3.84. The van der Waals surface area contributed by atoms with Gasteiger partial charge >= 0.3 is 6.18 Å². The van der Waals surface area contributed by atoms with E-state index >= 15 is 0 Å². The summed E-state index contributed by atoms with van der Waals surface area (Å²) in [6, 6.07) is 3.37. The molecule has 0 amide bonds. The minimum Gasteiger partial charge on any atom is -0.872 e. The van der Waals surface area contributed by atoms with Crippen LogP contribution in [0.1, 0.15) is 22.3 Å². The predicted molar refractivity (Wildman–Crippen MR) is 59.7 cm³/mol. The first kappa shape index (κ1) is 14.3. The summed E-state index contributed by atoms with van der Waals surface area (Å²) in [5, 5.41) is 11.7. The normalized spacial score (nSPS) is 12.7. The lowest BCUT2D eigenvalue weighted by Crippen LogP contribution is -2.22. The number of allylic oxidation sites excluding steroid dienone is 1. The van der Waals surface area contributed by atoms with Gasteiger partial charge in [-0.15, -0.1) is 0 Å². The fraction of sp³-hybridized carbons (Fsp3) is 0.308. The lowest BCUT2D eigenvalue weighted by Gasteiger charge is -2.19. The third-order valence-electron chi connectivity index (χ3n) is 2.47. The van der Waals surface area contributed by atoms with E-state index < -0.39 is 17.7 Å². The van der Waals surface area contributed by atoms with E-state index in [-0.39, 0.29) is 11.6 Å². The molecule has 2 nitrogen and oxygen atoms in total. The van der Waals surface area contributed by atoms with E-state index in [1.165, 1.54) is 0 Å². The highest BCUT2D eigenvalue weighted by molar-refractivity contribution is 5.99. The Morgan fingerprint density at radius 2 is 1.61 bits per heavy atom. The molecule has 0 radical (unpaired) electrons. The first-order valence-corrected chi connectivity index (χ1v) is 5.21. The molecule has 0 bridgehead atoms. The van der Waals surface area contributed by atoms with Crippen LogP contribution in [-0.2, 0) is 4.79 Å². The Labute approximate surface area is 103 Å². The zero-order valence-electron chi connectivity index (χ0n) is 10.2. The van der Waals surface area contributed by atoms with Crippen LogP contribution in [0.2, 0.25) is 0 Å². The van der Waals surface area contributed by atoms with Crippen molar-refractivity contribution in [2.45, 2.75) is 26.9 Å². The van der Waals surface area contributed by atoms with Gasteiger partial charge in [-0.1, -0.05) is 23.5 Å². The van der Waals surface area contributed by atoms with E-state index in [0.29, 0.717) is 11.1 Å². The number of ketones is 1. The number of hydrogen-bond donors (Lipinski definition) is 0. The van der Waals surface area contributed by atoms with E-state index in [1.807, 2.05) is 6.92 Å². The Bertz CT molecular complexity index is 490. The molecule has 18 heavy (non-hydrogen) atoms. The van der Waals surface area contributed by atoms with Crippen LogP contribution in [0, 0.1) is 20.8 Å². The lowest BCUT2D eigenvalue weighted by molar-refractivity contribution is -0.244. The largest absolute Gasteiger partial charge is 0.872 e. The highest BCUT2D eigenvalue weighted by atomic mass is 19.4. The molecule has 0 atom stereocenters. The van der Waals surface area contributed by atoms with Crippen molar-refractivity contribution in [3.05, 3.63) is 40.5 Å². The average molecular weight is 257 g/mol. The number of benzene rings is 1. The third kappa shape index (κ3) is 3.12. The molecule has 0 heterocycles. The maximum Gasteiger partial charge on any atom is 0.454 e. The second-order valence-corrected chi connectivity index (χ2v) is 4.14. The van der Waals surface area contributed by atoms with Crippen LogP contribution >= 0.6 is 0 Å². The summed E-state index contributed by atoms with van der Waals surface area (Å²) >= 11 is 0. The molecule has 0 saturated heterocycles. The molecule has 1 aromatic rings. The molecule has 0 saturated carbocycles. The maximum atomic E-state index is 12.1. The first-order valence-electron chi connectivity index (χ1n) is 5.21. The lowest BCUT2D eigenvalue weighted by atomic mass is 9.98. The van der Waals surface area contributed by atoms with Crippen LogP contribution in [0.3, 0.4) is 0 Å². The molecule has 0 aliphatic rings. The van der Waals surface area contributed by atoms with Gasteiger partial charge in [-0.2, -0.15) is 13.2 Å². The van der Waals surface area contributed by atoms with Crippen molar-refractivity contribution < 1.29 is 23.1 Å². The number of rotatable bonds is 2. The standard InChI is InChI=1S/C13H13F3O2/c1-7-4-8(2)12(9(3)5-7)10(17)6-11(18)13(14,15)16/h4-6,17H,1-3H3/p-1. The molecule has 0 fully saturated rings. The van der Waals surface area contributed by atoms with Crippen molar-refractivity contribution in [2.24, 2.45) is 0 Å². The molecule has 0 N–H and O–H groups in total. The van der Waals surface area contributed by atoms with E-state index in [2.05, 4.69) is 0 Å². The molecule has 0 unspecified atom stereocenters. The smallest absolute Gasteiger partial charge is 0.454 e. The van der Waals surface area contributed by atoms with Crippen LogP contribution in [0.5, 0.6) is 0 Å². The highest BCUT2D eigenvalue weighted by Gasteiger charge is 2.36. The Balaban J connectivity index is 3.24. The minimum absolute atomic E-state index is 0.102. The topological polar surface area (TPSA) is 40.1 Å². The van der Waals surface area contributed by atoms with E-state index in [4.69, 9.17) is 0 Å². The molecule has 0 aromatic heterocycles. The van der Waals surface area contributed by atoms with Gasteiger partial charge in [0.25, 0.3) is 5.78 Å². The van der Waals surface area contributed by atoms with Crippen LogP contribution < -0.4 is 5.11 Å². The van der Waals surface area contributed by atoms with Gasteiger partial charge in [-0.05, 0) is 43.5 Å². The van der Waals surface area contributed by atoms with E-state index in [0.717, 1.165) is 5.56 Å². The summed E-state index contributed by atoms with van der Waals surface area (Å²) in [4.78, 5) is 10.7. The zero-order chi connectivity index (χ0) is 14.1. The van der Waals surface area contributed by atoms with Crippen molar-refractivity contribution in [1.82, 2.24) is 0 Å². The van der Waals surface area contributed by atoms with Gasteiger partial charge in [0.2, 0.25) is 0 Å². The quantitative estimate of drug-likeness (QED) is 0.603. The molecule has 0 aliphatic carbocycles. The summed E-state index contributed by atoms with van der Waals surface area (Å²) in [5.74, 6) is -3.04. The van der Waals surface area contributed by atoms with Gasteiger partial charge < -0.3 is 5.11 Å². The number of hydrogen-bond acceptors (Lipinski definition) is 2. The third-order valence-corrected chi connectivity index (χ3v) is 2.47. The van der Waals surface area contributed by atoms with Gasteiger partial charge in [-0.3, -0.25) is 4.79 Å². The molecular formula is C13H12F3O2-. The molecule has 98 valence electrons. The molecule has 1 rings (SSSR count). The van der Waals surface area contributed by atoms with Crippen LogP contribution in [-0.4, -0.2) is 12.0 Å². The average Bonchev–Trinajstić information content (AvgIpc) is 2.13. The number of carbonyl (C=O) groups is 1. The Morgan fingerprint density at radius 1 is 1.17 bits per heavy atom. The van der Waals surface area contributed by atoms with Gasteiger partial charge in [0, 0.05) is 0 Å². The maximum absolute atomic E-state index is 12.1. The molecule has 5 heteroatoms. The first-order chi connectivity index (χ1) is 8.12. The summed E-state index contributed by atoms with van der Waals surface area (Å²) in [5.41, 5.74) is 2.18. The second kappa shape index (κ2) is 4.84. The van der Waals surface area contributed by atoms with Crippen LogP contribution in [0.15, 0.2) is 18.2 Å². The monoisotopic (exact) mass is 257 g/mol. The van der Waals surface area contributed by atoms with Crippen molar-refractivity contribution in [3.63, 3.8) is 0 Å². The van der Waals surface area contributed by atoms with Crippen molar-refractivity contribution in [2.75, 3.05) is 0 Å². The molecule has 1 aromatic carbocycles. The van der Waals surface area contributed by atoms with Crippen LogP contribution in [0.4, 0.5) is 13.2 Å². The number of halogens is 3. The Hall–Kier alpha value is -1.78. The Morgan fingerprint density at radius 3 is 2.00 bits per heavy atom. The fourth-order valence-corrected chi connectivity index (χ4v) is 1.84. The number of carbonyl (C=O) groups excluding carboxylic acids is 1. The molecule has 0 aliphatic heterocycles. The number of alkyl halides is 3. The highest BCUT2D eigenvalue weighted by Crippen LogP contribution is 2.23. The number of aryl methyl sites for hydroxylation is 3. The van der Waals surface area contributed by atoms with Crippen molar-refractivity contribution >= 4 is 11.5 Å². The van der Waals surface area contributed by atoms with Crippen LogP contribution in [0.25, 0.3) is 5.76 Å². The van der Waals surface area contributed by atoms with E-state index in [9.17, 15) is 23.1 Å². The van der Waals surface area contributed by atoms with Crippen molar-refractivity contribution in [3.8, 4) is 0 Å². The summed E-state index contributed by atoms with van der Waals surface area (Å²) in [7, 11) is 0. The summed E-state index contributed by atoms with van der Waals surface area (Å²) < 4.78 is 36.2. The van der Waals surface area contributed by atoms with Gasteiger partial charge in [0.1, 0.15) is 0 Å². The van der Waals surface area contributed by atoms with Gasteiger partial charge in [0.05, 0.1) is 0 Å². The molecular weight excluding hydrogens is 245 g/mol. The summed E-state index contributed by atoms with van der Waals surface area (Å²) in [6.07, 6.45) is -4.91. The SMILES string of the molecule is Cc1cc(C)c(C([O-])=CC(=O)C(F)(F)F)c(C)c1. The fourth-order valence-electron chi connectivity index (χ4n) is 1.84. The van der Waals surface area contributed by atoms with Gasteiger partial charge in [0.15, 0.2) is 0 Å². The van der Waals surface area contributed by atoms with Crippen molar-refractivity contribution in [1.29, 1.82) is 0 Å². The minimum atomic E-state index is -5.01. The predicted octanol–water partition coefficient (Wildman–Crippen LogP) is 2.44. The molecule has 0 spiro atoms. The zero-order valence-corrected chi connectivity index (χ0v) is 10.2. The summed E-state index contributed by atoms with van der Waals surface area (Å²) in [6.45, 7) is 5.07. The second-order valence-electron chi connectivity index (χ2n) is 4.14. The van der Waals surface area contributed by atoms with E-state index in [1.54, 1.807) is 26.0 Å².